The highest BCUT2D eigenvalue weighted by atomic mass is 32.2. The minimum atomic E-state index is -0.174. The van der Waals surface area contributed by atoms with Gasteiger partial charge in [-0.2, -0.15) is 16.9 Å². The number of amides is 2. The lowest BCUT2D eigenvalue weighted by molar-refractivity contribution is 0.248. The van der Waals surface area contributed by atoms with Gasteiger partial charge in [-0.3, -0.25) is 0 Å². The maximum absolute atomic E-state index is 12.1. The van der Waals surface area contributed by atoms with Gasteiger partial charge in [0.2, 0.25) is 0 Å². The number of rotatable bonds is 4. The van der Waals surface area contributed by atoms with E-state index >= 15 is 0 Å². The quantitative estimate of drug-likeness (QED) is 0.855. The Bertz CT molecular complexity index is 753. The minimum Gasteiger partial charge on any atom is -0.366 e. The highest BCUT2D eigenvalue weighted by Crippen LogP contribution is 2.24. The molecule has 3 heterocycles. The number of nitrogens with one attached hydrogen (secondary N) is 2. The molecule has 1 aliphatic carbocycles. The summed E-state index contributed by atoms with van der Waals surface area (Å²) in [6.45, 7) is 1.95. The summed E-state index contributed by atoms with van der Waals surface area (Å²) in [5.41, 5.74) is 1.62. The summed E-state index contributed by atoms with van der Waals surface area (Å²) in [5.74, 6) is 2.93. The predicted octanol–water partition coefficient (Wildman–Crippen LogP) is 2.28. The van der Waals surface area contributed by atoms with Crippen molar-refractivity contribution in [3.8, 4) is 5.82 Å². The molecule has 2 N–H and O–H groups in total. The number of urea groups is 1. The van der Waals surface area contributed by atoms with Crippen molar-refractivity contribution in [3.63, 3.8) is 0 Å². The molecule has 8 nitrogen and oxygen atoms in total. The van der Waals surface area contributed by atoms with E-state index in [1.807, 2.05) is 18.0 Å². The average Bonchev–Trinajstić information content (AvgIpc) is 3.34. The Morgan fingerprint density at radius 2 is 2.00 bits per heavy atom. The number of hydrogen-bond acceptors (Lipinski definition) is 6. The summed E-state index contributed by atoms with van der Waals surface area (Å²) in [6, 6.07) is 0.114. The fraction of sp³-hybridized carbons (Fsp3) is 0.529. The van der Waals surface area contributed by atoms with Crippen molar-refractivity contribution in [2.45, 2.75) is 31.7 Å². The van der Waals surface area contributed by atoms with Crippen molar-refractivity contribution in [2.75, 3.05) is 34.8 Å². The highest BCUT2D eigenvalue weighted by Gasteiger charge is 2.19. The van der Waals surface area contributed by atoms with E-state index in [9.17, 15) is 4.79 Å². The molecule has 1 saturated carbocycles. The molecule has 0 bridgehead atoms. The van der Waals surface area contributed by atoms with Crippen molar-refractivity contribution < 1.29 is 4.79 Å². The van der Waals surface area contributed by atoms with E-state index in [-0.39, 0.29) is 12.1 Å². The number of hydrogen-bond donors (Lipinski definition) is 2. The molecule has 9 heteroatoms. The summed E-state index contributed by atoms with van der Waals surface area (Å²) < 4.78 is 1.70. The molecule has 1 aliphatic heterocycles. The molecule has 138 valence electrons. The van der Waals surface area contributed by atoms with Gasteiger partial charge in [0.25, 0.3) is 0 Å². The van der Waals surface area contributed by atoms with Gasteiger partial charge in [-0.05, 0) is 12.8 Å². The fourth-order valence-electron chi connectivity index (χ4n) is 3.45. The summed E-state index contributed by atoms with van der Waals surface area (Å²) in [7, 11) is 0. The van der Waals surface area contributed by atoms with Gasteiger partial charge in [-0.25, -0.2) is 19.4 Å². The van der Waals surface area contributed by atoms with Crippen LogP contribution in [0.2, 0.25) is 0 Å². The van der Waals surface area contributed by atoms with E-state index in [4.69, 9.17) is 0 Å². The van der Waals surface area contributed by atoms with Crippen LogP contribution in [0.15, 0.2) is 24.9 Å². The summed E-state index contributed by atoms with van der Waals surface area (Å²) >= 11 is 1.96. The standard InChI is InChI=1S/C17H23N7OS/c25-17(21-13-3-1-2-4-13)22-14-9-20-24(11-14)16-15(10-18-12-19-16)23-5-7-26-8-6-23/h9-13H,1-8H2,(H2,21,22,25). The maximum Gasteiger partial charge on any atom is 0.319 e. The van der Waals surface area contributed by atoms with Crippen molar-refractivity contribution in [2.24, 2.45) is 0 Å². The van der Waals surface area contributed by atoms with Gasteiger partial charge in [0.15, 0.2) is 5.82 Å². The Labute approximate surface area is 156 Å². The summed E-state index contributed by atoms with van der Waals surface area (Å²) in [6.07, 6.45) is 11.3. The van der Waals surface area contributed by atoms with Crippen molar-refractivity contribution in [1.29, 1.82) is 0 Å². The molecule has 0 atom stereocenters. The van der Waals surface area contributed by atoms with Gasteiger partial charge in [0.05, 0.1) is 24.3 Å². The lowest BCUT2D eigenvalue weighted by Crippen LogP contribution is -2.36. The van der Waals surface area contributed by atoms with E-state index in [1.54, 1.807) is 17.1 Å². The van der Waals surface area contributed by atoms with Crippen LogP contribution in [0.25, 0.3) is 5.82 Å². The zero-order chi connectivity index (χ0) is 17.8. The van der Waals surface area contributed by atoms with E-state index < -0.39 is 0 Å². The molecule has 2 aliphatic rings. The Morgan fingerprint density at radius 3 is 2.81 bits per heavy atom. The Morgan fingerprint density at radius 1 is 1.19 bits per heavy atom. The molecule has 2 aromatic rings. The van der Waals surface area contributed by atoms with Crippen molar-refractivity contribution in [1.82, 2.24) is 25.1 Å². The fourth-order valence-corrected chi connectivity index (χ4v) is 4.35. The molecule has 0 radical (unpaired) electrons. The van der Waals surface area contributed by atoms with Gasteiger partial charge in [-0.15, -0.1) is 0 Å². The van der Waals surface area contributed by atoms with Crippen LogP contribution in [-0.2, 0) is 0 Å². The zero-order valence-corrected chi connectivity index (χ0v) is 15.4. The third-order valence-corrected chi connectivity index (χ3v) is 5.71. The molecule has 0 unspecified atom stereocenters. The Hall–Kier alpha value is -2.29. The number of carbonyl (C=O) groups excluding carboxylic acids is 1. The van der Waals surface area contributed by atoms with Crippen LogP contribution in [0.5, 0.6) is 0 Å². The topological polar surface area (TPSA) is 88.0 Å². The molecular weight excluding hydrogens is 350 g/mol. The summed E-state index contributed by atoms with van der Waals surface area (Å²) in [4.78, 5) is 23.0. The first-order valence-corrected chi connectivity index (χ1v) is 10.2. The molecule has 26 heavy (non-hydrogen) atoms. The normalized spacial score (nSPS) is 18.1. The molecule has 2 aromatic heterocycles. The number of anilines is 2. The van der Waals surface area contributed by atoms with E-state index in [0.717, 1.165) is 48.9 Å². The molecular formula is C17H23N7OS. The molecule has 0 aromatic carbocycles. The smallest absolute Gasteiger partial charge is 0.319 e. The van der Waals surface area contributed by atoms with Crippen LogP contribution in [0.1, 0.15) is 25.7 Å². The highest BCUT2D eigenvalue weighted by molar-refractivity contribution is 7.99. The first-order chi connectivity index (χ1) is 12.8. The van der Waals surface area contributed by atoms with Gasteiger partial charge >= 0.3 is 6.03 Å². The Balaban J connectivity index is 1.46. The number of thioether (sulfide) groups is 1. The van der Waals surface area contributed by atoms with Gasteiger partial charge in [0, 0.05) is 30.6 Å². The van der Waals surface area contributed by atoms with Crippen LogP contribution in [-0.4, -0.2) is 56.4 Å². The Kier molecular flexibility index (Phi) is 5.24. The first-order valence-electron chi connectivity index (χ1n) is 9.05. The van der Waals surface area contributed by atoms with E-state index in [0.29, 0.717) is 5.69 Å². The first kappa shape index (κ1) is 17.1. The van der Waals surface area contributed by atoms with Crippen LogP contribution in [0.3, 0.4) is 0 Å². The second-order valence-corrected chi connectivity index (χ2v) is 7.81. The van der Waals surface area contributed by atoms with Crippen LogP contribution in [0.4, 0.5) is 16.2 Å². The van der Waals surface area contributed by atoms with Crippen LogP contribution < -0.4 is 15.5 Å². The van der Waals surface area contributed by atoms with Gasteiger partial charge < -0.3 is 15.5 Å². The molecule has 0 spiro atoms. The molecule has 4 rings (SSSR count). The maximum atomic E-state index is 12.1. The number of nitrogens with zero attached hydrogens (tertiary/aromatic N) is 5. The summed E-state index contributed by atoms with van der Waals surface area (Å²) in [5, 5.41) is 10.3. The van der Waals surface area contributed by atoms with Gasteiger partial charge in [0.1, 0.15) is 12.0 Å². The second kappa shape index (κ2) is 7.94. The lowest BCUT2D eigenvalue weighted by atomic mass is 10.2. The molecule has 2 fully saturated rings. The second-order valence-electron chi connectivity index (χ2n) is 6.58. The zero-order valence-electron chi connectivity index (χ0n) is 14.6. The van der Waals surface area contributed by atoms with Gasteiger partial charge in [-0.1, -0.05) is 12.8 Å². The average molecular weight is 373 g/mol. The third kappa shape index (κ3) is 3.92. The SMILES string of the molecule is O=C(Nc1cnn(-c2ncncc2N2CCSCC2)c1)NC1CCCC1. The largest absolute Gasteiger partial charge is 0.366 e. The molecule has 2 amide bonds. The number of aromatic nitrogens is 4. The lowest BCUT2D eigenvalue weighted by Gasteiger charge is -2.29. The van der Waals surface area contributed by atoms with Crippen LogP contribution >= 0.6 is 11.8 Å². The van der Waals surface area contributed by atoms with Crippen molar-refractivity contribution in [3.05, 3.63) is 24.9 Å². The predicted molar refractivity (Wildman–Crippen MR) is 103 cm³/mol. The van der Waals surface area contributed by atoms with Crippen LogP contribution in [0, 0.1) is 0 Å². The number of carbonyl (C=O) groups is 1. The monoisotopic (exact) mass is 373 g/mol. The van der Waals surface area contributed by atoms with E-state index in [1.165, 1.54) is 19.2 Å². The minimum absolute atomic E-state index is 0.174. The van der Waals surface area contributed by atoms with Crippen molar-refractivity contribution >= 4 is 29.2 Å². The van der Waals surface area contributed by atoms with E-state index in [2.05, 4.69) is 30.6 Å². The third-order valence-electron chi connectivity index (χ3n) is 4.77. The molecule has 1 saturated heterocycles.